The molecule has 82 valence electrons. The number of benzene rings is 1. The molecule has 4 heteroatoms. The van der Waals surface area contributed by atoms with E-state index in [9.17, 15) is 0 Å². The predicted molar refractivity (Wildman–Crippen MR) is 65.5 cm³/mol. The van der Waals surface area contributed by atoms with Crippen molar-refractivity contribution in [3.8, 4) is 0 Å². The molecule has 1 aromatic carbocycles. The molecule has 1 heterocycles. The fourth-order valence-electron chi connectivity index (χ4n) is 1.31. The van der Waals surface area contributed by atoms with Crippen molar-refractivity contribution >= 4 is 17.5 Å². The topological polar surface area (TPSA) is 37.8 Å². The van der Waals surface area contributed by atoms with Crippen LogP contribution in [0.3, 0.4) is 0 Å². The maximum absolute atomic E-state index is 5.89. The number of halogens is 1. The molecule has 0 radical (unpaired) electrons. The Kier molecular flexibility index (Phi) is 3.37. The first kappa shape index (κ1) is 10.9. The number of nitrogens with one attached hydrogen (secondary N) is 1. The van der Waals surface area contributed by atoms with E-state index >= 15 is 0 Å². The van der Waals surface area contributed by atoms with Gasteiger partial charge in [0, 0.05) is 24.0 Å². The van der Waals surface area contributed by atoms with Gasteiger partial charge in [0.25, 0.3) is 0 Å². The van der Waals surface area contributed by atoms with E-state index in [0.717, 1.165) is 16.1 Å². The van der Waals surface area contributed by atoms with Crippen LogP contribution in [0.4, 0.5) is 5.95 Å². The Bertz CT molecular complexity index is 468. The number of hydrogen-bond acceptors (Lipinski definition) is 3. The maximum atomic E-state index is 5.89. The van der Waals surface area contributed by atoms with Crippen molar-refractivity contribution in [2.24, 2.45) is 0 Å². The maximum Gasteiger partial charge on any atom is 0.222 e. The Morgan fingerprint density at radius 1 is 1.25 bits per heavy atom. The van der Waals surface area contributed by atoms with Gasteiger partial charge >= 0.3 is 0 Å². The zero-order valence-electron chi connectivity index (χ0n) is 8.94. The Labute approximate surface area is 99.5 Å². The Hall–Kier alpha value is -1.61. The Morgan fingerprint density at radius 3 is 2.69 bits per heavy atom. The summed E-state index contributed by atoms with van der Waals surface area (Å²) in [6.07, 6.45) is 3.57. The quantitative estimate of drug-likeness (QED) is 0.886. The highest BCUT2D eigenvalue weighted by Crippen LogP contribution is 2.11. The van der Waals surface area contributed by atoms with E-state index in [2.05, 4.69) is 15.3 Å². The van der Waals surface area contributed by atoms with Crippen LogP contribution in [-0.4, -0.2) is 9.97 Å². The number of hydrogen-bond donors (Lipinski definition) is 1. The lowest BCUT2D eigenvalue weighted by molar-refractivity contribution is 1.04. The highest BCUT2D eigenvalue weighted by Gasteiger charge is 1.96. The molecule has 0 aliphatic carbocycles. The summed E-state index contributed by atoms with van der Waals surface area (Å²) in [7, 11) is 0. The van der Waals surface area contributed by atoms with Gasteiger partial charge in [-0.05, 0) is 30.2 Å². The molecule has 0 aliphatic heterocycles. The van der Waals surface area contributed by atoms with Crippen LogP contribution in [0.1, 0.15) is 11.1 Å². The van der Waals surface area contributed by atoms with Crippen LogP contribution in [0, 0.1) is 6.92 Å². The lowest BCUT2D eigenvalue weighted by Gasteiger charge is -2.04. The molecule has 3 nitrogen and oxygen atoms in total. The number of nitrogens with zero attached hydrogens (tertiary/aromatic N) is 2. The van der Waals surface area contributed by atoms with Crippen LogP contribution in [0.2, 0.25) is 5.02 Å². The van der Waals surface area contributed by atoms with E-state index in [1.165, 1.54) is 0 Å². The van der Waals surface area contributed by atoms with Gasteiger partial charge in [-0.25, -0.2) is 9.97 Å². The molecule has 1 N–H and O–H groups in total. The van der Waals surface area contributed by atoms with Crippen molar-refractivity contribution in [2.45, 2.75) is 13.5 Å². The molecule has 0 spiro atoms. The van der Waals surface area contributed by atoms with Gasteiger partial charge in [-0.3, -0.25) is 0 Å². The smallest absolute Gasteiger partial charge is 0.222 e. The summed E-state index contributed by atoms with van der Waals surface area (Å²) in [5.74, 6) is 0.630. The van der Waals surface area contributed by atoms with Crippen molar-refractivity contribution in [1.29, 1.82) is 0 Å². The predicted octanol–water partition coefficient (Wildman–Crippen LogP) is 3.05. The highest BCUT2D eigenvalue weighted by atomic mass is 35.5. The first-order valence-corrected chi connectivity index (χ1v) is 5.39. The summed E-state index contributed by atoms with van der Waals surface area (Å²) in [4.78, 5) is 8.32. The fraction of sp³-hybridized carbons (Fsp3) is 0.167. The molecule has 2 rings (SSSR count). The molecule has 0 saturated heterocycles. The first-order valence-electron chi connectivity index (χ1n) is 5.01. The molecule has 16 heavy (non-hydrogen) atoms. The molecular weight excluding hydrogens is 222 g/mol. The van der Waals surface area contributed by atoms with Gasteiger partial charge in [0.15, 0.2) is 0 Å². The largest absolute Gasteiger partial charge is 0.350 e. The lowest BCUT2D eigenvalue weighted by Crippen LogP contribution is -2.03. The number of anilines is 1. The molecule has 0 atom stereocenters. The average molecular weight is 234 g/mol. The third-order valence-electron chi connectivity index (χ3n) is 2.12. The van der Waals surface area contributed by atoms with Crippen LogP contribution in [0.25, 0.3) is 0 Å². The van der Waals surface area contributed by atoms with Crippen molar-refractivity contribution in [3.05, 3.63) is 52.8 Å². The highest BCUT2D eigenvalue weighted by molar-refractivity contribution is 6.30. The Morgan fingerprint density at radius 2 is 2.00 bits per heavy atom. The molecule has 0 aliphatic rings. The van der Waals surface area contributed by atoms with Gasteiger partial charge in [0.1, 0.15) is 0 Å². The summed E-state index contributed by atoms with van der Waals surface area (Å²) >= 11 is 5.89. The zero-order valence-corrected chi connectivity index (χ0v) is 9.70. The van der Waals surface area contributed by atoms with E-state index < -0.39 is 0 Å². The van der Waals surface area contributed by atoms with Crippen molar-refractivity contribution in [3.63, 3.8) is 0 Å². The van der Waals surface area contributed by atoms with Gasteiger partial charge in [-0.1, -0.05) is 23.7 Å². The van der Waals surface area contributed by atoms with Gasteiger partial charge < -0.3 is 5.32 Å². The third kappa shape index (κ3) is 2.94. The SMILES string of the molecule is Cc1cnc(NCc2cccc(Cl)c2)nc1. The fourth-order valence-corrected chi connectivity index (χ4v) is 1.52. The molecule has 0 unspecified atom stereocenters. The minimum Gasteiger partial charge on any atom is -0.350 e. The van der Waals surface area contributed by atoms with Crippen LogP contribution in [0.5, 0.6) is 0 Å². The second kappa shape index (κ2) is 4.94. The van der Waals surface area contributed by atoms with Crippen LogP contribution < -0.4 is 5.32 Å². The molecule has 2 aromatic rings. The number of rotatable bonds is 3. The van der Waals surface area contributed by atoms with E-state index in [4.69, 9.17) is 11.6 Å². The second-order valence-corrected chi connectivity index (χ2v) is 4.00. The molecule has 0 saturated carbocycles. The zero-order chi connectivity index (χ0) is 11.4. The average Bonchev–Trinajstić information content (AvgIpc) is 2.28. The minimum absolute atomic E-state index is 0.630. The molecule has 0 amide bonds. The molecule has 0 fully saturated rings. The van der Waals surface area contributed by atoms with Crippen LogP contribution >= 0.6 is 11.6 Å². The summed E-state index contributed by atoms with van der Waals surface area (Å²) in [5, 5.41) is 3.87. The summed E-state index contributed by atoms with van der Waals surface area (Å²) in [5.41, 5.74) is 2.16. The van der Waals surface area contributed by atoms with E-state index in [-0.39, 0.29) is 0 Å². The van der Waals surface area contributed by atoms with Crippen molar-refractivity contribution in [2.75, 3.05) is 5.32 Å². The molecular formula is C12H12ClN3. The van der Waals surface area contributed by atoms with Gasteiger partial charge in [0.05, 0.1) is 0 Å². The minimum atomic E-state index is 0.630. The van der Waals surface area contributed by atoms with Gasteiger partial charge in [-0.2, -0.15) is 0 Å². The lowest BCUT2D eigenvalue weighted by atomic mass is 10.2. The Balaban J connectivity index is 1.99. The third-order valence-corrected chi connectivity index (χ3v) is 2.36. The summed E-state index contributed by atoms with van der Waals surface area (Å²) in [6.45, 7) is 2.63. The normalized spacial score (nSPS) is 10.1. The number of aryl methyl sites for hydroxylation is 1. The number of aromatic nitrogens is 2. The van der Waals surface area contributed by atoms with Crippen molar-refractivity contribution < 1.29 is 0 Å². The summed E-state index contributed by atoms with van der Waals surface area (Å²) in [6, 6.07) is 7.71. The van der Waals surface area contributed by atoms with E-state index in [0.29, 0.717) is 12.5 Å². The molecule has 1 aromatic heterocycles. The van der Waals surface area contributed by atoms with Gasteiger partial charge in [0.2, 0.25) is 5.95 Å². The first-order chi connectivity index (χ1) is 7.74. The van der Waals surface area contributed by atoms with Crippen molar-refractivity contribution in [1.82, 2.24) is 9.97 Å². The molecule has 0 bridgehead atoms. The van der Waals surface area contributed by atoms with Gasteiger partial charge in [-0.15, -0.1) is 0 Å². The summed E-state index contributed by atoms with van der Waals surface area (Å²) < 4.78 is 0. The second-order valence-electron chi connectivity index (χ2n) is 3.57. The van der Waals surface area contributed by atoms with Crippen LogP contribution in [-0.2, 0) is 6.54 Å². The monoisotopic (exact) mass is 233 g/mol. The van der Waals surface area contributed by atoms with E-state index in [1.54, 1.807) is 12.4 Å². The van der Waals surface area contributed by atoms with Crippen LogP contribution in [0.15, 0.2) is 36.7 Å². The van der Waals surface area contributed by atoms with E-state index in [1.807, 2.05) is 31.2 Å². The standard InChI is InChI=1S/C12H12ClN3/c1-9-6-14-12(15-7-9)16-8-10-3-2-4-11(13)5-10/h2-7H,8H2,1H3,(H,14,15,16).